The summed E-state index contributed by atoms with van der Waals surface area (Å²) in [6, 6.07) is 12.7. The smallest absolute Gasteiger partial charge is 0.0715 e. The fourth-order valence-electron chi connectivity index (χ4n) is 2.35. The number of halogens is 1. The zero-order valence-corrected chi connectivity index (χ0v) is 13.1. The summed E-state index contributed by atoms with van der Waals surface area (Å²) in [6.07, 6.45) is 0. The second kappa shape index (κ2) is 5.87. The topological polar surface area (TPSA) is 38.0 Å². The summed E-state index contributed by atoms with van der Waals surface area (Å²) in [4.78, 5) is 0. The molecule has 0 bridgehead atoms. The summed E-state index contributed by atoms with van der Waals surface area (Å²) in [5.41, 5.74) is 9.08. The number of hydrazine groups is 1. The maximum atomic E-state index is 5.81. The molecule has 2 nitrogen and oxygen atoms in total. The van der Waals surface area contributed by atoms with Gasteiger partial charge < -0.3 is 0 Å². The third-order valence-corrected chi connectivity index (χ3v) is 4.39. The van der Waals surface area contributed by atoms with E-state index in [9.17, 15) is 0 Å². The van der Waals surface area contributed by atoms with Gasteiger partial charge in [0.25, 0.3) is 0 Å². The van der Waals surface area contributed by atoms with Crippen LogP contribution in [0.3, 0.4) is 0 Å². The Labute approximate surface area is 123 Å². The minimum atomic E-state index is 0.0115. The molecule has 19 heavy (non-hydrogen) atoms. The molecule has 0 saturated heterocycles. The van der Waals surface area contributed by atoms with E-state index in [4.69, 9.17) is 5.84 Å². The molecule has 0 heterocycles. The van der Waals surface area contributed by atoms with E-state index in [1.165, 1.54) is 27.8 Å². The third kappa shape index (κ3) is 2.89. The van der Waals surface area contributed by atoms with Crippen molar-refractivity contribution < 1.29 is 0 Å². The first-order valence-corrected chi connectivity index (χ1v) is 7.12. The molecular weight excluding hydrogens is 300 g/mol. The second-order valence-corrected chi connectivity index (χ2v) is 5.77. The predicted octanol–water partition coefficient (Wildman–Crippen LogP) is 3.93. The molecule has 100 valence electrons. The molecule has 2 aromatic rings. The number of hydrogen-bond donors (Lipinski definition) is 2. The van der Waals surface area contributed by atoms with E-state index in [1.807, 2.05) is 6.07 Å². The normalized spacial score (nSPS) is 12.5. The van der Waals surface area contributed by atoms with Crippen LogP contribution < -0.4 is 11.3 Å². The standard InChI is InChI=1S/C16H19BrN2/c1-10-7-8-11(2)14(9-10)16(19-18)13-5-4-6-15(17)12(13)3/h4-9,16,19H,18H2,1-3H3. The van der Waals surface area contributed by atoms with Crippen LogP contribution in [0.2, 0.25) is 0 Å². The maximum Gasteiger partial charge on any atom is 0.0715 e. The zero-order valence-electron chi connectivity index (χ0n) is 11.5. The summed E-state index contributed by atoms with van der Waals surface area (Å²) >= 11 is 3.58. The fourth-order valence-corrected chi connectivity index (χ4v) is 2.74. The molecule has 0 aromatic heterocycles. The third-order valence-electron chi connectivity index (χ3n) is 3.53. The van der Waals surface area contributed by atoms with Crippen LogP contribution in [0.5, 0.6) is 0 Å². The van der Waals surface area contributed by atoms with Crippen LogP contribution in [0.1, 0.15) is 33.9 Å². The average molecular weight is 319 g/mol. The zero-order chi connectivity index (χ0) is 14.0. The number of rotatable bonds is 3. The van der Waals surface area contributed by atoms with Gasteiger partial charge in [-0.15, -0.1) is 0 Å². The molecule has 3 heteroatoms. The Hall–Kier alpha value is -1.16. The lowest BCUT2D eigenvalue weighted by Gasteiger charge is -2.22. The quantitative estimate of drug-likeness (QED) is 0.664. The molecule has 2 rings (SSSR count). The van der Waals surface area contributed by atoms with Gasteiger partial charge in [0, 0.05) is 4.47 Å². The highest BCUT2D eigenvalue weighted by atomic mass is 79.9. The van der Waals surface area contributed by atoms with Crippen molar-refractivity contribution in [3.8, 4) is 0 Å². The van der Waals surface area contributed by atoms with Gasteiger partial charge in [-0.1, -0.05) is 51.8 Å². The summed E-state index contributed by atoms with van der Waals surface area (Å²) in [5, 5.41) is 0. The Morgan fingerprint density at radius 3 is 2.47 bits per heavy atom. The van der Waals surface area contributed by atoms with Crippen LogP contribution in [-0.4, -0.2) is 0 Å². The van der Waals surface area contributed by atoms with E-state index >= 15 is 0 Å². The molecular formula is C16H19BrN2. The maximum absolute atomic E-state index is 5.81. The van der Waals surface area contributed by atoms with Crippen molar-refractivity contribution in [2.45, 2.75) is 26.8 Å². The Balaban J connectivity index is 2.56. The average Bonchev–Trinajstić information content (AvgIpc) is 2.39. The predicted molar refractivity (Wildman–Crippen MR) is 84.0 cm³/mol. The van der Waals surface area contributed by atoms with Crippen molar-refractivity contribution in [2.75, 3.05) is 0 Å². The van der Waals surface area contributed by atoms with E-state index in [-0.39, 0.29) is 6.04 Å². The Bertz CT molecular complexity index is 591. The van der Waals surface area contributed by atoms with Crippen LogP contribution in [0.25, 0.3) is 0 Å². The molecule has 3 N–H and O–H groups in total. The SMILES string of the molecule is Cc1ccc(C)c(C(NN)c2cccc(Br)c2C)c1. The molecule has 0 aliphatic heterocycles. The van der Waals surface area contributed by atoms with Gasteiger partial charge in [0.1, 0.15) is 0 Å². The minimum absolute atomic E-state index is 0.0115. The van der Waals surface area contributed by atoms with Crippen LogP contribution in [0, 0.1) is 20.8 Å². The molecule has 2 aromatic carbocycles. The summed E-state index contributed by atoms with van der Waals surface area (Å²) in [6.45, 7) is 6.33. The molecule has 1 atom stereocenters. The molecule has 0 amide bonds. The van der Waals surface area contributed by atoms with Crippen LogP contribution in [0.4, 0.5) is 0 Å². The van der Waals surface area contributed by atoms with E-state index in [0.29, 0.717) is 0 Å². The summed E-state index contributed by atoms with van der Waals surface area (Å²) < 4.78 is 1.11. The lowest BCUT2D eigenvalue weighted by molar-refractivity contribution is 0.630. The van der Waals surface area contributed by atoms with Gasteiger partial charge in [0.05, 0.1) is 6.04 Å². The molecule has 0 aliphatic rings. The van der Waals surface area contributed by atoms with Crippen LogP contribution >= 0.6 is 15.9 Å². The first kappa shape index (κ1) is 14.3. The molecule has 0 saturated carbocycles. The number of aryl methyl sites for hydroxylation is 2. The van der Waals surface area contributed by atoms with E-state index in [2.05, 4.69) is 72.5 Å². The molecule has 0 spiro atoms. The Morgan fingerprint density at radius 2 is 1.79 bits per heavy atom. The largest absolute Gasteiger partial charge is 0.271 e. The highest BCUT2D eigenvalue weighted by Gasteiger charge is 2.17. The molecule has 1 unspecified atom stereocenters. The lowest BCUT2D eigenvalue weighted by atomic mass is 9.91. The molecule has 0 radical (unpaired) electrons. The van der Waals surface area contributed by atoms with E-state index in [1.54, 1.807) is 0 Å². The van der Waals surface area contributed by atoms with Gasteiger partial charge in [-0.05, 0) is 49.1 Å². The molecule has 0 fully saturated rings. The summed E-state index contributed by atoms with van der Waals surface area (Å²) in [7, 11) is 0. The van der Waals surface area contributed by atoms with E-state index in [0.717, 1.165) is 4.47 Å². The first-order valence-electron chi connectivity index (χ1n) is 6.33. The van der Waals surface area contributed by atoms with Gasteiger partial charge in [-0.25, -0.2) is 5.43 Å². The minimum Gasteiger partial charge on any atom is -0.271 e. The van der Waals surface area contributed by atoms with E-state index < -0.39 is 0 Å². The van der Waals surface area contributed by atoms with Gasteiger partial charge in [-0.3, -0.25) is 5.84 Å². The monoisotopic (exact) mass is 318 g/mol. The van der Waals surface area contributed by atoms with Crippen molar-refractivity contribution in [2.24, 2.45) is 5.84 Å². The number of nitrogens with one attached hydrogen (secondary N) is 1. The van der Waals surface area contributed by atoms with Crippen molar-refractivity contribution in [1.82, 2.24) is 5.43 Å². The van der Waals surface area contributed by atoms with Gasteiger partial charge in [0.2, 0.25) is 0 Å². The highest BCUT2D eigenvalue weighted by Crippen LogP contribution is 2.30. The lowest BCUT2D eigenvalue weighted by Crippen LogP contribution is -2.30. The number of benzene rings is 2. The van der Waals surface area contributed by atoms with Crippen molar-refractivity contribution >= 4 is 15.9 Å². The van der Waals surface area contributed by atoms with Crippen molar-refractivity contribution in [1.29, 1.82) is 0 Å². The molecule has 0 aliphatic carbocycles. The van der Waals surface area contributed by atoms with Crippen LogP contribution in [0.15, 0.2) is 40.9 Å². The van der Waals surface area contributed by atoms with Gasteiger partial charge in [-0.2, -0.15) is 0 Å². The Kier molecular flexibility index (Phi) is 4.40. The van der Waals surface area contributed by atoms with Gasteiger partial charge >= 0.3 is 0 Å². The van der Waals surface area contributed by atoms with Gasteiger partial charge in [0.15, 0.2) is 0 Å². The van der Waals surface area contributed by atoms with Crippen molar-refractivity contribution in [3.05, 3.63) is 68.7 Å². The second-order valence-electron chi connectivity index (χ2n) is 4.91. The number of nitrogens with two attached hydrogens (primary N) is 1. The van der Waals surface area contributed by atoms with Crippen molar-refractivity contribution in [3.63, 3.8) is 0 Å². The highest BCUT2D eigenvalue weighted by molar-refractivity contribution is 9.10. The first-order chi connectivity index (χ1) is 9.04. The summed E-state index contributed by atoms with van der Waals surface area (Å²) in [5.74, 6) is 5.81. The number of hydrogen-bond acceptors (Lipinski definition) is 2. The van der Waals surface area contributed by atoms with Crippen LogP contribution in [-0.2, 0) is 0 Å². The fraction of sp³-hybridized carbons (Fsp3) is 0.250. The Morgan fingerprint density at radius 1 is 1.05 bits per heavy atom.